The Kier molecular flexibility index (Phi) is 4.42. The van der Waals surface area contributed by atoms with Crippen LogP contribution in [-0.2, 0) is 10.0 Å². The SMILES string of the molecule is CC1CN(S(=O)(=O)c2cccc(Cl)c2Cl)CCC1N. The van der Waals surface area contributed by atoms with Gasteiger partial charge in [-0.05, 0) is 24.5 Å². The van der Waals surface area contributed by atoms with Gasteiger partial charge in [-0.15, -0.1) is 0 Å². The van der Waals surface area contributed by atoms with Crippen LogP contribution < -0.4 is 5.73 Å². The molecule has 1 aromatic carbocycles. The van der Waals surface area contributed by atoms with Crippen molar-refractivity contribution in [3.63, 3.8) is 0 Å². The van der Waals surface area contributed by atoms with Crippen LogP contribution in [0.2, 0.25) is 10.0 Å². The number of piperidine rings is 1. The third-order valence-electron chi connectivity index (χ3n) is 3.47. The van der Waals surface area contributed by atoms with Crippen molar-refractivity contribution >= 4 is 33.2 Å². The molecule has 0 saturated carbocycles. The van der Waals surface area contributed by atoms with Gasteiger partial charge in [-0.2, -0.15) is 4.31 Å². The fourth-order valence-corrected chi connectivity index (χ4v) is 4.46. The van der Waals surface area contributed by atoms with Crippen molar-refractivity contribution in [3.8, 4) is 0 Å². The van der Waals surface area contributed by atoms with Crippen LogP contribution in [0.1, 0.15) is 13.3 Å². The van der Waals surface area contributed by atoms with Gasteiger partial charge in [0, 0.05) is 19.1 Å². The number of nitrogens with two attached hydrogens (primary N) is 1. The van der Waals surface area contributed by atoms with Crippen LogP contribution in [-0.4, -0.2) is 31.9 Å². The molecule has 0 bridgehead atoms. The standard InChI is InChI=1S/C12H16Cl2N2O2S/c1-8-7-16(6-5-10(8)15)19(17,18)11-4-2-3-9(13)12(11)14/h2-4,8,10H,5-7,15H2,1H3. The summed E-state index contributed by atoms with van der Waals surface area (Å²) in [5.41, 5.74) is 5.91. The molecule has 106 valence electrons. The van der Waals surface area contributed by atoms with Crippen LogP contribution in [0.3, 0.4) is 0 Å². The largest absolute Gasteiger partial charge is 0.327 e. The lowest BCUT2D eigenvalue weighted by Gasteiger charge is -2.34. The summed E-state index contributed by atoms with van der Waals surface area (Å²) in [7, 11) is -3.61. The van der Waals surface area contributed by atoms with E-state index in [-0.39, 0.29) is 26.9 Å². The van der Waals surface area contributed by atoms with E-state index in [1.807, 2.05) is 6.92 Å². The van der Waals surface area contributed by atoms with Crippen molar-refractivity contribution in [3.05, 3.63) is 28.2 Å². The van der Waals surface area contributed by atoms with Gasteiger partial charge in [-0.3, -0.25) is 0 Å². The van der Waals surface area contributed by atoms with Gasteiger partial charge in [0.2, 0.25) is 10.0 Å². The lowest BCUT2D eigenvalue weighted by Crippen LogP contribution is -2.48. The molecule has 1 saturated heterocycles. The highest BCUT2D eigenvalue weighted by atomic mass is 35.5. The highest BCUT2D eigenvalue weighted by molar-refractivity contribution is 7.89. The van der Waals surface area contributed by atoms with Gasteiger partial charge in [-0.1, -0.05) is 36.2 Å². The predicted octanol–water partition coefficient (Wildman–Crippen LogP) is 2.35. The van der Waals surface area contributed by atoms with Crippen molar-refractivity contribution in [2.75, 3.05) is 13.1 Å². The first-order valence-corrected chi connectivity index (χ1v) is 8.23. The molecule has 1 aromatic rings. The Morgan fingerprint density at radius 3 is 2.68 bits per heavy atom. The first kappa shape index (κ1) is 15.1. The summed E-state index contributed by atoms with van der Waals surface area (Å²) >= 11 is 11.9. The summed E-state index contributed by atoms with van der Waals surface area (Å²) in [5.74, 6) is 0.126. The molecule has 2 atom stereocenters. The van der Waals surface area contributed by atoms with Crippen molar-refractivity contribution < 1.29 is 8.42 Å². The molecule has 4 nitrogen and oxygen atoms in total. The number of hydrogen-bond acceptors (Lipinski definition) is 3. The lowest BCUT2D eigenvalue weighted by atomic mass is 9.96. The van der Waals surface area contributed by atoms with E-state index in [9.17, 15) is 8.42 Å². The fourth-order valence-electron chi connectivity index (χ4n) is 2.17. The van der Waals surface area contributed by atoms with Crippen LogP contribution in [0.4, 0.5) is 0 Å². The van der Waals surface area contributed by atoms with Gasteiger partial charge in [-0.25, -0.2) is 8.42 Å². The monoisotopic (exact) mass is 322 g/mol. The summed E-state index contributed by atoms with van der Waals surface area (Å²) in [6, 6.07) is 4.67. The zero-order valence-corrected chi connectivity index (χ0v) is 12.8. The Hall–Kier alpha value is -0.330. The number of benzene rings is 1. The van der Waals surface area contributed by atoms with Crippen LogP contribution in [0.5, 0.6) is 0 Å². The zero-order valence-electron chi connectivity index (χ0n) is 10.5. The van der Waals surface area contributed by atoms with Gasteiger partial charge < -0.3 is 5.73 Å². The molecular weight excluding hydrogens is 307 g/mol. The number of halogens is 2. The van der Waals surface area contributed by atoms with Crippen LogP contribution in [0.25, 0.3) is 0 Å². The molecule has 1 aliphatic heterocycles. The van der Waals surface area contributed by atoms with E-state index in [0.29, 0.717) is 19.5 Å². The minimum Gasteiger partial charge on any atom is -0.327 e. The van der Waals surface area contributed by atoms with Crippen molar-refractivity contribution in [2.24, 2.45) is 11.7 Å². The van der Waals surface area contributed by atoms with Gasteiger partial charge in [0.15, 0.2) is 0 Å². The summed E-state index contributed by atoms with van der Waals surface area (Å²) in [4.78, 5) is 0.0596. The van der Waals surface area contributed by atoms with Gasteiger partial charge >= 0.3 is 0 Å². The van der Waals surface area contributed by atoms with E-state index < -0.39 is 10.0 Å². The molecule has 19 heavy (non-hydrogen) atoms. The molecule has 0 radical (unpaired) electrons. The third kappa shape index (κ3) is 2.90. The number of nitrogens with zero attached hydrogens (tertiary/aromatic N) is 1. The second-order valence-corrected chi connectivity index (χ2v) is 7.54. The molecule has 0 aromatic heterocycles. The summed E-state index contributed by atoms with van der Waals surface area (Å²) < 4.78 is 26.5. The summed E-state index contributed by atoms with van der Waals surface area (Å²) in [6.45, 7) is 2.77. The second-order valence-electron chi connectivity index (χ2n) is 4.84. The number of rotatable bonds is 2. The van der Waals surface area contributed by atoms with Crippen molar-refractivity contribution in [1.29, 1.82) is 0 Å². The normalized spacial score (nSPS) is 25.5. The average Bonchev–Trinajstić information content (AvgIpc) is 2.35. The molecule has 2 unspecified atom stereocenters. The van der Waals surface area contributed by atoms with Gasteiger partial charge in [0.1, 0.15) is 4.90 Å². The molecule has 0 amide bonds. The summed E-state index contributed by atoms with van der Waals surface area (Å²) in [6.07, 6.45) is 0.651. The van der Waals surface area contributed by atoms with E-state index >= 15 is 0 Å². The Morgan fingerprint density at radius 1 is 1.37 bits per heavy atom. The molecule has 1 fully saturated rings. The maximum absolute atomic E-state index is 12.6. The highest BCUT2D eigenvalue weighted by Gasteiger charge is 2.33. The maximum atomic E-state index is 12.6. The number of sulfonamides is 1. The second kappa shape index (κ2) is 5.58. The Morgan fingerprint density at radius 2 is 2.05 bits per heavy atom. The Bertz CT molecular complexity index is 577. The molecule has 1 aliphatic rings. The quantitative estimate of drug-likeness (QED) is 0.909. The highest BCUT2D eigenvalue weighted by Crippen LogP contribution is 2.32. The fraction of sp³-hybridized carbons (Fsp3) is 0.500. The lowest BCUT2D eigenvalue weighted by molar-refractivity contribution is 0.250. The maximum Gasteiger partial charge on any atom is 0.244 e. The van der Waals surface area contributed by atoms with Crippen LogP contribution in [0.15, 0.2) is 23.1 Å². The van der Waals surface area contributed by atoms with Crippen LogP contribution >= 0.6 is 23.2 Å². The molecule has 2 N–H and O–H groups in total. The zero-order chi connectivity index (χ0) is 14.2. The Balaban J connectivity index is 2.35. The first-order chi connectivity index (χ1) is 8.84. The van der Waals surface area contributed by atoms with Crippen molar-refractivity contribution in [1.82, 2.24) is 4.31 Å². The van der Waals surface area contributed by atoms with Gasteiger partial charge in [0.25, 0.3) is 0 Å². The smallest absolute Gasteiger partial charge is 0.244 e. The van der Waals surface area contributed by atoms with Gasteiger partial charge in [0.05, 0.1) is 10.0 Å². The predicted molar refractivity (Wildman–Crippen MR) is 77.0 cm³/mol. The van der Waals surface area contributed by atoms with E-state index in [2.05, 4.69) is 0 Å². The molecule has 1 heterocycles. The van der Waals surface area contributed by atoms with E-state index in [1.165, 1.54) is 10.4 Å². The molecule has 0 aliphatic carbocycles. The minimum absolute atomic E-state index is 0.0429. The Labute approximate surface area is 123 Å². The first-order valence-electron chi connectivity index (χ1n) is 6.03. The topological polar surface area (TPSA) is 63.4 Å². The minimum atomic E-state index is -3.61. The molecular formula is C12H16Cl2N2O2S. The summed E-state index contributed by atoms with van der Waals surface area (Å²) in [5, 5.41) is 0.316. The van der Waals surface area contributed by atoms with E-state index in [0.717, 1.165) is 0 Å². The molecule has 0 spiro atoms. The van der Waals surface area contributed by atoms with Crippen LogP contribution in [0, 0.1) is 5.92 Å². The van der Waals surface area contributed by atoms with E-state index in [4.69, 9.17) is 28.9 Å². The van der Waals surface area contributed by atoms with Crippen molar-refractivity contribution in [2.45, 2.75) is 24.3 Å². The average molecular weight is 323 g/mol. The molecule has 2 rings (SSSR count). The number of hydrogen-bond donors (Lipinski definition) is 1. The molecule has 7 heteroatoms. The third-order valence-corrected chi connectivity index (χ3v) is 6.31. The van der Waals surface area contributed by atoms with E-state index in [1.54, 1.807) is 12.1 Å².